The molecule has 0 aliphatic carbocycles. The fraction of sp³-hybridized carbons (Fsp3) is 0.231. The van der Waals surface area contributed by atoms with Gasteiger partial charge in [-0.25, -0.2) is 4.39 Å². The first kappa shape index (κ1) is 14.8. The molecule has 0 N–H and O–H groups in total. The lowest BCUT2D eigenvalue weighted by atomic mass is 10.1. The molecule has 2 aromatic rings. The summed E-state index contributed by atoms with van der Waals surface area (Å²) in [5.41, 5.74) is 0.137. The van der Waals surface area contributed by atoms with Gasteiger partial charge in [-0.05, 0) is 30.7 Å². The van der Waals surface area contributed by atoms with Gasteiger partial charge in [0, 0.05) is 6.20 Å². The van der Waals surface area contributed by atoms with Gasteiger partial charge in [-0.3, -0.25) is 4.68 Å². The van der Waals surface area contributed by atoms with E-state index in [1.165, 1.54) is 10.8 Å². The molecule has 21 heavy (non-hydrogen) atoms. The lowest BCUT2D eigenvalue weighted by Gasteiger charge is -2.12. The second-order valence-electron chi connectivity index (χ2n) is 4.27. The summed E-state index contributed by atoms with van der Waals surface area (Å²) in [6.45, 7) is 1.80. The van der Waals surface area contributed by atoms with Crippen LogP contribution in [0.3, 0.4) is 0 Å². The molecular weight excluding hydrogens is 290 g/mol. The van der Waals surface area contributed by atoms with E-state index in [1.807, 2.05) is 0 Å². The van der Waals surface area contributed by atoms with E-state index in [9.17, 15) is 17.6 Å². The highest BCUT2D eigenvalue weighted by molar-refractivity contribution is 5.46. The summed E-state index contributed by atoms with van der Waals surface area (Å²) in [6.07, 6.45) is -3.39. The van der Waals surface area contributed by atoms with Crippen LogP contribution in [0.5, 0.6) is 5.75 Å². The lowest BCUT2D eigenvalue weighted by Crippen LogP contribution is -2.18. The molecule has 0 bridgehead atoms. The number of ether oxygens (including phenoxy) is 1. The Hall–Kier alpha value is -2.56. The summed E-state index contributed by atoms with van der Waals surface area (Å²) in [7, 11) is 0. The minimum atomic E-state index is -5.00. The Kier molecular flexibility index (Phi) is 3.84. The zero-order valence-electron chi connectivity index (χ0n) is 10.8. The molecule has 4 nitrogen and oxygen atoms in total. The van der Waals surface area contributed by atoms with Crippen LogP contribution in [0.15, 0.2) is 24.4 Å². The normalized spacial score (nSPS) is 11.2. The molecule has 0 aliphatic heterocycles. The summed E-state index contributed by atoms with van der Waals surface area (Å²) >= 11 is 0. The molecule has 8 heteroatoms. The van der Waals surface area contributed by atoms with Crippen molar-refractivity contribution in [2.45, 2.75) is 19.8 Å². The van der Waals surface area contributed by atoms with Gasteiger partial charge < -0.3 is 4.74 Å². The highest BCUT2D eigenvalue weighted by Gasteiger charge is 2.33. The minimum Gasteiger partial charge on any atom is -0.404 e. The summed E-state index contributed by atoms with van der Waals surface area (Å²) in [4.78, 5) is 0. The number of alkyl halides is 3. The monoisotopic (exact) mass is 299 g/mol. The van der Waals surface area contributed by atoms with Gasteiger partial charge in [0.25, 0.3) is 0 Å². The van der Waals surface area contributed by atoms with Gasteiger partial charge in [0.05, 0.1) is 12.2 Å². The van der Waals surface area contributed by atoms with Gasteiger partial charge in [0.2, 0.25) is 0 Å². The number of halogens is 4. The second-order valence-corrected chi connectivity index (χ2v) is 4.27. The largest absolute Gasteiger partial charge is 0.573 e. The maximum Gasteiger partial charge on any atom is 0.573 e. The van der Waals surface area contributed by atoms with Crippen LogP contribution in [-0.4, -0.2) is 16.1 Å². The van der Waals surface area contributed by atoms with Crippen LogP contribution in [0.4, 0.5) is 17.6 Å². The molecule has 1 aromatic heterocycles. The predicted octanol–water partition coefficient (Wildman–Crippen LogP) is 3.15. The van der Waals surface area contributed by atoms with Crippen molar-refractivity contribution in [1.82, 2.24) is 9.78 Å². The summed E-state index contributed by atoms with van der Waals surface area (Å²) in [5, 5.41) is 12.8. The van der Waals surface area contributed by atoms with Gasteiger partial charge in [-0.1, -0.05) is 0 Å². The van der Waals surface area contributed by atoms with Gasteiger partial charge in [-0.2, -0.15) is 10.4 Å². The quantitative estimate of drug-likeness (QED) is 0.818. The first-order chi connectivity index (χ1) is 9.78. The highest BCUT2D eigenvalue weighted by atomic mass is 19.4. The molecule has 1 heterocycles. The first-order valence-corrected chi connectivity index (χ1v) is 5.77. The molecule has 0 radical (unpaired) electrons. The smallest absolute Gasteiger partial charge is 0.404 e. The standard InChI is InChI=1S/C13H9F4N3O/c1-8-2-3-20(19-8)7-9-4-11(14)10(6-18)12(5-9)21-13(15,16)17/h2-5H,7H2,1H3. The van der Waals surface area contributed by atoms with E-state index in [4.69, 9.17) is 5.26 Å². The molecule has 0 saturated heterocycles. The number of nitrogens with zero attached hydrogens (tertiary/aromatic N) is 3. The Morgan fingerprint density at radius 2 is 2.10 bits per heavy atom. The third-order valence-corrected chi connectivity index (χ3v) is 2.57. The summed E-state index contributed by atoms with van der Waals surface area (Å²) < 4.78 is 55.7. The molecule has 0 spiro atoms. The Morgan fingerprint density at radius 3 is 2.62 bits per heavy atom. The Bertz CT molecular complexity index is 700. The van der Waals surface area contributed by atoms with Crippen molar-refractivity contribution < 1.29 is 22.3 Å². The zero-order valence-corrected chi connectivity index (χ0v) is 10.8. The van der Waals surface area contributed by atoms with Crippen LogP contribution in [0.25, 0.3) is 0 Å². The van der Waals surface area contributed by atoms with E-state index in [0.717, 1.165) is 17.8 Å². The molecular formula is C13H9F4N3O. The van der Waals surface area contributed by atoms with Crippen molar-refractivity contribution in [3.63, 3.8) is 0 Å². The van der Waals surface area contributed by atoms with Crippen molar-refractivity contribution in [1.29, 1.82) is 5.26 Å². The number of hydrogen-bond acceptors (Lipinski definition) is 3. The fourth-order valence-electron chi connectivity index (χ4n) is 1.78. The maximum absolute atomic E-state index is 13.7. The molecule has 0 aliphatic rings. The third-order valence-electron chi connectivity index (χ3n) is 2.57. The Morgan fingerprint density at radius 1 is 1.38 bits per heavy atom. The lowest BCUT2D eigenvalue weighted by molar-refractivity contribution is -0.274. The predicted molar refractivity (Wildman–Crippen MR) is 63.9 cm³/mol. The topological polar surface area (TPSA) is 50.8 Å². The van der Waals surface area contributed by atoms with Crippen molar-refractivity contribution >= 4 is 0 Å². The fourth-order valence-corrected chi connectivity index (χ4v) is 1.78. The number of nitriles is 1. The van der Waals surface area contributed by atoms with Crippen LogP contribution < -0.4 is 4.74 Å². The van der Waals surface area contributed by atoms with Crippen molar-refractivity contribution in [3.05, 3.63) is 47.0 Å². The Labute approximate surface area is 117 Å². The summed E-state index contributed by atoms with van der Waals surface area (Å²) in [5.74, 6) is -1.93. The van der Waals surface area contributed by atoms with E-state index in [2.05, 4.69) is 9.84 Å². The van der Waals surface area contributed by atoms with E-state index in [0.29, 0.717) is 0 Å². The third kappa shape index (κ3) is 3.72. The highest BCUT2D eigenvalue weighted by Crippen LogP contribution is 2.29. The molecule has 0 fully saturated rings. The van der Waals surface area contributed by atoms with Crippen LogP contribution in [0.1, 0.15) is 16.8 Å². The zero-order chi connectivity index (χ0) is 15.6. The SMILES string of the molecule is Cc1ccn(Cc2cc(F)c(C#N)c(OC(F)(F)F)c2)n1. The molecule has 0 atom stereocenters. The molecule has 110 valence electrons. The van der Waals surface area contributed by atoms with Crippen molar-refractivity contribution in [2.75, 3.05) is 0 Å². The van der Waals surface area contributed by atoms with E-state index >= 15 is 0 Å². The van der Waals surface area contributed by atoms with E-state index < -0.39 is 23.5 Å². The maximum atomic E-state index is 13.7. The van der Waals surface area contributed by atoms with Crippen LogP contribution in [0, 0.1) is 24.1 Å². The molecule has 0 amide bonds. The first-order valence-electron chi connectivity index (χ1n) is 5.77. The number of aromatic nitrogens is 2. The van der Waals surface area contributed by atoms with Gasteiger partial charge in [0.1, 0.15) is 17.4 Å². The molecule has 0 unspecified atom stereocenters. The minimum absolute atomic E-state index is 0.0602. The molecule has 2 rings (SSSR count). The molecule has 0 saturated carbocycles. The average molecular weight is 299 g/mol. The average Bonchev–Trinajstić information content (AvgIpc) is 2.72. The van der Waals surface area contributed by atoms with Gasteiger partial charge in [0.15, 0.2) is 5.75 Å². The molecule has 1 aromatic carbocycles. The van der Waals surface area contributed by atoms with E-state index in [-0.39, 0.29) is 12.1 Å². The van der Waals surface area contributed by atoms with Crippen LogP contribution in [0.2, 0.25) is 0 Å². The number of hydrogen-bond donors (Lipinski definition) is 0. The van der Waals surface area contributed by atoms with Gasteiger partial charge in [-0.15, -0.1) is 13.2 Å². The van der Waals surface area contributed by atoms with Crippen LogP contribution in [-0.2, 0) is 6.54 Å². The number of benzene rings is 1. The van der Waals surface area contributed by atoms with Crippen molar-refractivity contribution in [3.8, 4) is 11.8 Å². The van der Waals surface area contributed by atoms with Gasteiger partial charge >= 0.3 is 6.36 Å². The Balaban J connectivity index is 2.38. The van der Waals surface area contributed by atoms with E-state index in [1.54, 1.807) is 19.2 Å². The summed E-state index contributed by atoms with van der Waals surface area (Å²) in [6, 6.07) is 5.02. The number of rotatable bonds is 3. The van der Waals surface area contributed by atoms with Crippen LogP contribution >= 0.6 is 0 Å². The van der Waals surface area contributed by atoms with Crippen molar-refractivity contribution in [2.24, 2.45) is 0 Å². The number of aryl methyl sites for hydroxylation is 1. The second kappa shape index (κ2) is 5.44.